The predicted octanol–water partition coefficient (Wildman–Crippen LogP) is 2.94. The number of benzene rings is 1. The first kappa shape index (κ1) is 16.2. The Hall–Kier alpha value is -3.22. The molecule has 0 aliphatic rings. The number of nitrogens with one attached hydrogen (secondary N) is 1. The van der Waals surface area contributed by atoms with E-state index in [1.807, 2.05) is 30.3 Å². The summed E-state index contributed by atoms with van der Waals surface area (Å²) < 4.78 is 4.93. The quantitative estimate of drug-likeness (QED) is 0.482. The SMILES string of the molecule is O=C(CCc1ccccc1)N/N=C/C=C/c1ccc([N+](=O)[O-])o1. The van der Waals surface area contributed by atoms with Gasteiger partial charge in [0.1, 0.15) is 10.7 Å². The zero-order chi connectivity index (χ0) is 16.5. The number of hydrogen-bond acceptors (Lipinski definition) is 5. The van der Waals surface area contributed by atoms with E-state index in [1.54, 1.807) is 0 Å². The fourth-order valence-electron chi connectivity index (χ4n) is 1.78. The molecule has 0 saturated carbocycles. The van der Waals surface area contributed by atoms with Crippen molar-refractivity contribution >= 4 is 24.1 Å². The fraction of sp³-hybridized carbons (Fsp3) is 0.125. The van der Waals surface area contributed by atoms with Gasteiger partial charge in [0.15, 0.2) is 0 Å². The summed E-state index contributed by atoms with van der Waals surface area (Å²) in [4.78, 5) is 21.4. The number of carbonyl (C=O) groups excluding carboxylic acids is 1. The molecule has 0 unspecified atom stereocenters. The average Bonchev–Trinajstić information content (AvgIpc) is 3.03. The lowest BCUT2D eigenvalue weighted by Crippen LogP contribution is -2.17. The minimum Gasteiger partial charge on any atom is -0.401 e. The lowest BCUT2D eigenvalue weighted by Gasteiger charge is -1.99. The summed E-state index contributed by atoms with van der Waals surface area (Å²) >= 11 is 0. The molecule has 1 aromatic heterocycles. The van der Waals surface area contributed by atoms with Gasteiger partial charge in [0.05, 0.1) is 6.07 Å². The molecule has 0 atom stereocenters. The van der Waals surface area contributed by atoms with Crippen LogP contribution in [0.4, 0.5) is 5.88 Å². The Morgan fingerprint density at radius 1 is 1.26 bits per heavy atom. The third-order valence-corrected chi connectivity index (χ3v) is 2.89. The van der Waals surface area contributed by atoms with E-state index in [0.717, 1.165) is 5.56 Å². The molecule has 118 valence electrons. The number of carbonyl (C=O) groups is 1. The van der Waals surface area contributed by atoms with Crippen molar-refractivity contribution in [1.82, 2.24) is 5.43 Å². The number of allylic oxidation sites excluding steroid dienone is 1. The van der Waals surface area contributed by atoms with E-state index >= 15 is 0 Å². The predicted molar refractivity (Wildman–Crippen MR) is 85.8 cm³/mol. The number of furan rings is 1. The molecular weight excluding hydrogens is 298 g/mol. The van der Waals surface area contributed by atoms with Crippen molar-refractivity contribution < 1.29 is 14.1 Å². The van der Waals surface area contributed by atoms with Crippen molar-refractivity contribution in [2.24, 2.45) is 5.10 Å². The third-order valence-electron chi connectivity index (χ3n) is 2.89. The van der Waals surface area contributed by atoms with Gasteiger partial charge < -0.3 is 4.42 Å². The number of hydrogen-bond donors (Lipinski definition) is 1. The van der Waals surface area contributed by atoms with E-state index in [1.165, 1.54) is 30.5 Å². The number of nitro groups is 1. The minimum atomic E-state index is -0.613. The molecule has 0 radical (unpaired) electrons. The van der Waals surface area contributed by atoms with E-state index in [0.29, 0.717) is 18.6 Å². The van der Waals surface area contributed by atoms with Gasteiger partial charge in [0, 0.05) is 12.6 Å². The normalized spacial score (nSPS) is 11.1. The van der Waals surface area contributed by atoms with Crippen LogP contribution in [-0.2, 0) is 11.2 Å². The molecule has 1 amide bonds. The molecule has 0 spiro atoms. The van der Waals surface area contributed by atoms with Crippen LogP contribution >= 0.6 is 0 Å². The molecule has 0 aliphatic heterocycles. The Kier molecular flexibility index (Phi) is 5.81. The van der Waals surface area contributed by atoms with Gasteiger partial charge in [-0.1, -0.05) is 30.3 Å². The van der Waals surface area contributed by atoms with Crippen LogP contribution in [0.3, 0.4) is 0 Å². The minimum absolute atomic E-state index is 0.188. The molecular formula is C16H15N3O4. The maximum Gasteiger partial charge on any atom is 0.433 e. The average molecular weight is 313 g/mol. The van der Waals surface area contributed by atoms with Crippen molar-refractivity contribution in [3.8, 4) is 0 Å². The van der Waals surface area contributed by atoms with E-state index in [2.05, 4.69) is 10.5 Å². The number of hydrazone groups is 1. The van der Waals surface area contributed by atoms with E-state index in [9.17, 15) is 14.9 Å². The maximum absolute atomic E-state index is 11.6. The first-order valence-corrected chi connectivity index (χ1v) is 6.92. The van der Waals surface area contributed by atoms with Gasteiger partial charge >= 0.3 is 5.88 Å². The zero-order valence-corrected chi connectivity index (χ0v) is 12.2. The fourth-order valence-corrected chi connectivity index (χ4v) is 1.78. The first-order chi connectivity index (χ1) is 11.1. The van der Waals surface area contributed by atoms with Gasteiger partial charge in [0.25, 0.3) is 0 Å². The van der Waals surface area contributed by atoms with Crippen LogP contribution in [0.2, 0.25) is 0 Å². The van der Waals surface area contributed by atoms with Gasteiger partial charge in [-0.05, 0) is 30.2 Å². The third kappa shape index (κ3) is 5.58. The Labute approximate surface area is 132 Å². The standard InChI is InChI=1S/C16H15N3O4/c20-15(10-8-13-5-2-1-3-6-13)18-17-12-4-7-14-9-11-16(23-14)19(21)22/h1-7,9,11-12H,8,10H2,(H,18,20)/b7-4+,17-12+. The molecule has 7 nitrogen and oxygen atoms in total. The first-order valence-electron chi connectivity index (χ1n) is 6.92. The summed E-state index contributed by atoms with van der Waals surface area (Å²) in [5.41, 5.74) is 3.49. The highest BCUT2D eigenvalue weighted by molar-refractivity contribution is 5.81. The molecule has 0 bridgehead atoms. The summed E-state index contributed by atoms with van der Waals surface area (Å²) in [6.07, 6.45) is 5.38. The van der Waals surface area contributed by atoms with Gasteiger partial charge in [-0.15, -0.1) is 0 Å². The van der Waals surface area contributed by atoms with Crippen LogP contribution in [-0.4, -0.2) is 17.0 Å². The summed E-state index contributed by atoms with van der Waals surface area (Å²) in [7, 11) is 0. The summed E-state index contributed by atoms with van der Waals surface area (Å²) in [6.45, 7) is 0. The van der Waals surface area contributed by atoms with Crippen LogP contribution in [0.25, 0.3) is 6.08 Å². The van der Waals surface area contributed by atoms with Crippen LogP contribution in [0.5, 0.6) is 0 Å². The van der Waals surface area contributed by atoms with E-state index < -0.39 is 4.92 Å². The second-order valence-electron chi connectivity index (χ2n) is 4.59. The molecule has 1 N–H and O–H groups in total. The summed E-state index contributed by atoms with van der Waals surface area (Å²) in [6, 6.07) is 12.4. The second kappa shape index (κ2) is 8.28. The summed E-state index contributed by atoms with van der Waals surface area (Å²) in [5, 5.41) is 14.2. The van der Waals surface area contributed by atoms with Crippen molar-refractivity contribution in [2.75, 3.05) is 0 Å². The Bertz CT molecular complexity index is 720. The molecule has 0 fully saturated rings. The van der Waals surface area contributed by atoms with E-state index in [4.69, 9.17) is 4.42 Å². The topological polar surface area (TPSA) is 97.7 Å². The molecule has 1 aromatic carbocycles. The van der Waals surface area contributed by atoms with Crippen LogP contribution in [0.1, 0.15) is 17.7 Å². The monoisotopic (exact) mass is 313 g/mol. The Morgan fingerprint density at radius 2 is 2.04 bits per heavy atom. The zero-order valence-electron chi connectivity index (χ0n) is 12.2. The molecule has 2 aromatic rings. The largest absolute Gasteiger partial charge is 0.433 e. The molecule has 1 heterocycles. The lowest BCUT2D eigenvalue weighted by molar-refractivity contribution is -0.402. The van der Waals surface area contributed by atoms with Gasteiger partial charge in [-0.2, -0.15) is 5.10 Å². The number of amides is 1. The number of nitrogens with zero attached hydrogens (tertiary/aromatic N) is 2. The lowest BCUT2D eigenvalue weighted by atomic mass is 10.1. The Balaban J connectivity index is 1.72. The summed E-state index contributed by atoms with van der Waals surface area (Å²) in [5.74, 6) is -0.179. The van der Waals surface area contributed by atoms with Crippen LogP contribution in [0, 0.1) is 10.1 Å². The Morgan fingerprint density at radius 3 is 2.74 bits per heavy atom. The smallest absolute Gasteiger partial charge is 0.401 e. The second-order valence-corrected chi connectivity index (χ2v) is 4.59. The van der Waals surface area contributed by atoms with Crippen molar-refractivity contribution in [1.29, 1.82) is 0 Å². The van der Waals surface area contributed by atoms with Crippen LogP contribution in [0.15, 0.2) is 58.1 Å². The highest BCUT2D eigenvalue weighted by Crippen LogP contribution is 2.16. The van der Waals surface area contributed by atoms with Gasteiger partial charge in [-0.3, -0.25) is 14.9 Å². The maximum atomic E-state index is 11.6. The molecule has 7 heteroatoms. The molecule has 2 rings (SSSR count). The molecule has 23 heavy (non-hydrogen) atoms. The van der Waals surface area contributed by atoms with Crippen molar-refractivity contribution in [3.63, 3.8) is 0 Å². The molecule has 0 saturated heterocycles. The van der Waals surface area contributed by atoms with Gasteiger partial charge in [0.2, 0.25) is 5.91 Å². The number of aryl methyl sites for hydroxylation is 1. The van der Waals surface area contributed by atoms with Crippen molar-refractivity contribution in [2.45, 2.75) is 12.8 Å². The van der Waals surface area contributed by atoms with Crippen molar-refractivity contribution in [3.05, 3.63) is 70.0 Å². The van der Waals surface area contributed by atoms with Gasteiger partial charge in [-0.25, -0.2) is 5.43 Å². The molecule has 0 aliphatic carbocycles. The number of rotatable bonds is 7. The highest BCUT2D eigenvalue weighted by Gasteiger charge is 2.09. The van der Waals surface area contributed by atoms with E-state index in [-0.39, 0.29) is 11.8 Å². The van der Waals surface area contributed by atoms with Crippen LogP contribution < -0.4 is 5.43 Å². The highest BCUT2D eigenvalue weighted by atomic mass is 16.6.